The second-order valence-electron chi connectivity index (χ2n) is 6.63. The van der Waals surface area contributed by atoms with Gasteiger partial charge in [-0.15, -0.1) is 0 Å². The molecule has 2 aromatic rings. The summed E-state index contributed by atoms with van der Waals surface area (Å²) in [6.45, 7) is 3.85. The van der Waals surface area contributed by atoms with E-state index in [1.807, 2.05) is 0 Å². The summed E-state index contributed by atoms with van der Waals surface area (Å²) in [5, 5.41) is 12.2. The molecule has 3 heterocycles. The van der Waals surface area contributed by atoms with Crippen LogP contribution in [0.4, 0.5) is 11.8 Å². The second-order valence-corrected chi connectivity index (χ2v) is 6.63. The van der Waals surface area contributed by atoms with Crippen molar-refractivity contribution < 1.29 is 9.84 Å². The number of benzene rings is 1. The standard InChI is InChI=1S/C19H24N4O2/c24-9-7-20-19-21-17(16-6-10-25-13-16)11-18(22-19)23-8-5-14-3-1-2-4-15(14)12-23/h1-4,11,16,24H,5-10,12-13H2,(H,20,21,22)/t16-/m0/s1. The zero-order valence-corrected chi connectivity index (χ0v) is 14.3. The van der Waals surface area contributed by atoms with Gasteiger partial charge in [0.15, 0.2) is 0 Å². The van der Waals surface area contributed by atoms with Crippen LogP contribution < -0.4 is 10.2 Å². The fourth-order valence-electron chi connectivity index (χ4n) is 3.53. The highest BCUT2D eigenvalue weighted by atomic mass is 16.5. The van der Waals surface area contributed by atoms with Crippen LogP contribution in [0.15, 0.2) is 30.3 Å². The van der Waals surface area contributed by atoms with Crippen molar-refractivity contribution in [3.8, 4) is 0 Å². The molecule has 2 aliphatic rings. The van der Waals surface area contributed by atoms with Gasteiger partial charge in [-0.3, -0.25) is 0 Å². The fourth-order valence-corrected chi connectivity index (χ4v) is 3.53. The van der Waals surface area contributed by atoms with Crippen LogP contribution >= 0.6 is 0 Å². The second kappa shape index (κ2) is 7.37. The van der Waals surface area contributed by atoms with Gasteiger partial charge in [-0.05, 0) is 24.0 Å². The number of aliphatic hydroxyl groups excluding tert-OH is 1. The first kappa shape index (κ1) is 16.3. The van der Waals surface area contributed by atoms with Gasteiger partial charge >= 0.3 is 0 Å². The number of hydrogen-bond donors (Lipinski definition) is 2. The average molecular weight is 340 g/mol. The topological polar surface area (TPSA) is 70.5 Å². The number of rotatable bonds is 5. The molecule has 4 rings (SSSR count). The molecule has 25 heavy (non-hydrogen) atoms. The fraction of sp³-hybridized carbons (Fsp3) is 0.474. The Morgan fingerprint density at radius 1 is 1.24 bits per heavy atom. The Morgan fingerprint density at radius 3 is 2.92 bits per heavy atom. The van der Waals surface area contributed by atoms with E-state index in [0.29, 0.717) is 18.4 Å². The molecule has 2 N–H and O–H groups in total. The summed E-state index contributed by atoms with van der Waals surface area (Å²) in [5.74, 6) is 1.87. The quantitative estimate of drug-likeness (QED) is 0.867. The van der Waals surface area contributed by atoms with Gasteiger partial charge in [-0.1, -0.05) is 24.3 Å². The number of nitrogens with one attached hydrogen (secondary N) is 1. The van der Waals surface area contributed by atoms with E-state index in [1.165, 1.54) is 11.1 Å². The van der Waals surface area contributed by atoms with E-state index in [4.69, 9.17) is 14.8 Å². The molecule has 1 atom stereocenters. The van der Waals surface area contributed by atoms with Crippen molar-refractivity contribution in [2.45, 2.75) is 25.3 Å². The third-order valence-electron chi connectivity index (χ3n) is 4.93. The lowest BCUT2D eigenvalue weighted by atomic mass is 9.99. The molecule has 0 unspecified atom stereocenters. The molecule has 1 fully saturated rings. The molecule has 6 nitrogen and oxygen atoms in total. The predicted molar refractivity (Wildman–Crippen MR) is 97.0 cm³/mol. The summed E-state index contributed by atoms with van der Waals surface area (Å²) in [6, 6.07) is 10.7. The molecule has 1 saturated heterocycles. The smallest absolute Gasteiger partial charge is 0.224 e. The van der Waals surface area contributed by atoms with Gasteiger partial charge in [0.05, 0.1) is 18.9 Å². The number of aromatic nitrogens is 2. The van der Waals surface area contributed by atoms with Crippen LogP contribution in [-0.2, 0) is 17.7 Å². The maximum Gasteiger partial charge on any atom is 0.224 e. The molecule has 0 amide bonds. The van der Waals surface area contributed by atoms with Crippen molar-refractivity contribution in [1.29, 1.82) is 0 Å². The summed E-state index contributed by atoms with van der Waals surface area (Å²) in [4.78, 5) is 11.7. The molecule has 1 aromatic carbocycles. The third kappa shape index (κ3) is 3.60. The summed E-state index contributed by atoms with van der Waals surface area (Å²) in [6.07, 6.45) is 2.03. The Hall–Kier alpha value is -2.18. The molecule has 0 bridgehead atoms. The van der Waals surface area contributed by atoms with Crippen LogP contribution in [0, 0.1) is 0 Å². The normalized spacial score (nSPS) is 19.7. The van der Waals surface area contributed by atoms with E-state index in [9.17, 15) is 0 Å². The minimum Gasteiger partial charge on any atom is -0.395 e. The lowest BCUT2D eigenvalue weighted by Crippen LogP contribution is -2.31. The van der Waals surface area contributed by atoms with E-state index in [0.717, 1.165) is 50.7 Å². The Morgan fingerprint density at radius 2 is 2.12 bits per heavy atom. The van der Waals surface area contributed by atoms with Crippen molar-refractivity contribution in [3.63, 3.8) is 0 Å². The molecular weight excluding hydrogens is 316 g/mol. The zero-order valence-electron chi connectivity index (χ0n) is 14.3. The highest BCUT2D eigenvalue weighted by Gasteiger charge is 2.23. The van der Waals surface area contributed by atoms with Crippen molar-refractivity contribution in [2.24, 2.45) is 0 Å². The van der Waals surface area contributed by atoms with Crippen molar-refractivity contribution in [1.82, 2.24) is 9.97 Å². The first-order valence-corrected chi connectivity index (χ1v) is 8.96. The molecule has 6 heteroatoms. The Kier molecular flexibility index (Phi) is 4.81. The molecule has 0 spiro atoms. The predicted octanol–water partition coefficient (Wildman–Crippen LogP) is 1.95. The zero-order chi connectivity index (χ0) is 17.1. The van der Waals surface area contributed by atoms with E-state index >= 15 is 0 Å². The number of aliphatic hydroxyl groups is 1. The molecule has 0 saturated carbocycles. The Labute approximate surface area is 147 Å². The molecule has 0 radical (unpaired) electrons. The SMILES string of the molecule is OCCNc1nc([C@H]2CCOC2)cc(N2CCc3ccccc3C2)n1. The van der Waals surface area contributed by atoms with E-state index in [1.54, 1.807) is 0 Å². The third-order valence-corrected chi connectivity index (χ3v) is 4.93. The van der Waals surface area contributed by atoms with Crippen molar-refractivity contribution in [3.05, 3.63) is 47.2 Å². The average Bonchev–Trinajstić information content (AvgIpc) is 3.20. The minimum absolute atomic E-state index is 0.0621. The van der Waals surface area contributed by atoms with Gasteiger partial charge in [0.1, 0.15) is 5.82 Å². The molecule has 0 aliphatic carbocycles. The number of fused-ring (bicyclic) bond motifs is 1. The monoisotopic (exact) mass is 340 g/mol. The van der Waals surface area contributed by atoms with Crippen LogP contribution in [0.2, 0.25) is 0 Å². The molecule has 132 valence electrons. The van der Waals surface area contributed by atoms with Crippen LogP contribution in [0.3, 0.4) is 0 Å². The lowest BCUT2D eigenvalue weighted by Gasteiger charge is -2.30. The van der Waals surface area contributed by atoms with Gasteiger partial charge in [0.25, 0.3) is 0 Å². The van der Waals surface area contributed by atoms with Crippen molar-refractivity contribution >= 4 is 11.8 Å². The van der Waals surface area contributed by atoms with Gasteiger partial charge in [0, 0.05) is 38.2 Å². The molecule has 1 aromatic heterocycles. The van der Waals surface area contributed by atoms with Crippen molar-refractivity contribution in [2.75, 3.05) is 43.1 Å². The van der Waals surface area contributed by atoms with E-state index in [-0.39, 0.29) is 6.61 Å². The Bertz CT molecular complexity index is 731. The van der Waals surface area contributed by atoms with Crippen LogP contribution in [0.1, 0.15) is 29.2 Å². The maximum atomic E-state index is 9.09. The van der Waals surface area contributed by atoms with Gasteiger partial charge < -0.3 is 20.1 Å². The number of anilines is 2. The summed E-state index contributed by atoms with van der Waals surface area (Å²) >= 11 is 0. The van der Waals surface area contributed by atoms with E-state index in [2.05, 4.69) is 45.5 Å². The van der Waals surface area contributed by atoms with Crippen LogP contribution in [0.5, 0.6) is 0 Å². The molecule has 2 aliphatic heterocycles. The number of ether oxygens (including phenoxy) is 1. The highest BCUT2D eigenvalue weighted by molar-refractivity contribution is 5.49. The highest BCUT2D eigenvalue weighted by Crippen LogP contribution is 2.29. The first-order valence-electron chi connectivity index (χ1n) is 8.96. The number of hydrogen-bond acceptors (Lipinski definition) is 6. The van der Waals surface area contributed by atoms with Crippen LogP contribution in [-0.4, -0.2) is 48.0 Å². The van der Waals surface area contributed by atoms with E-state index < -0.39 is 0 Å². The first-order chi connectivity index (χ1) is 12.3. The summed E-state index contributed by atoms with van der Waals surface area (Å²) in [5.41, 5.74) is 3.82. The van der Waals surface area contributed by atoms with Gasteiger partial charge in [0.2, 0.25) is 5.95 Å². The summed E-state index contributed by atoms with van der Waals surface area (Å²) in [7, 11) is 0. The largest absolute Gasteiger partial charge is 0.395 e. The lowest BCUT2D eigenvalue weighted by molar-refractivity contribution is 0.193. The van der Waals surface area contributed by atoms with Gasteiger partial charge in [-0.2, -0.15) is 4.98 Å². The Balaban J connectivity index is 1.62. The maximum absolute atomic E-state index is 9.09. The van der Waals surface area contributed by atoms with Crippen LogP contribution in [0.25, 0.3) is 0 Å². The number of nitrogens with zero attached hydrogens (tertiary/aromatic N) is 3. The minimum atomic E-state index is 0.0621. The summed E-state index contributed by atoms with van der Waals surface area (Å²) < 4.78 is 5.53. The molecular formula is C19H24N4O2. The van der Waals surface area contributed by atoms with Gasteiger partial charge in [-0.25, -0.2) is 4.98 Å².